The minimum atomic E-state index is 0.634. The molecule has 0 saturated carbocycles. The molecule has 1 heterocycles. The van der Waals surface area contributed by atoms with Gasteiger partial charge in [-0.15, -0.1) is 0 Å². The number of thiocarbonyl (C=S) groups is 1. The van der Waals surface area contributed by atoms with Gasteiger partial charge < -0.3 is 10.6 Å². The fourth-order valence-corrected chi connectivity index (χ4v) is 3.03. The number of benzene rings is 1. The highest BCUT2D eigenvalue weighted by Crippen LogP contribution is 2.12. The van der Waals surface area contributed by atoms with Crippen LogP contribution in [0.3, 0.4) is 0 Å². The van der Waals surface area contributed by atoms with Crippen molar-refractivity contribution in [2.45, 2.75) is 19.1 Å². The first kappa shape index (κ1) is 16.8. The standard InChI is InChI=1S/C17H21N3S2/c1-14-7-5-10-18-16(14)20-17(21)19-11-6-12-22-13-15-8-3-2-4-9-15/h2-5,7-10H,6,11-13H2,1H3,(H2,18,19,20,21). The zero-order chi connectivity index (χ0) is 15.6. The number of aromatic nitrogens is 1. The van der Waals surface area contributed by atoms with Crippen molar-refractivity contribution >= 4 is 34.9 Å². The Morgan fingerprint density at radius 1 is 1.18 bits per heavy atom. The molecule has 2 N–H and O–H groups in total. The van der Waals surface area contributed by atoms with Gasteiger partial charge in [0.2, 0.25) is 0 Å². The maximum Gasteiger partial charge on any atom is 0.171 e. The molecule has 1 aromatic heterocycles. The van der Waals surface area contributed by atoms with Gasteiger partial charge in [-0.3, -0.25) is 0 Å². The fourth-order valence-electron chi connectivity index (χ4n) is 1.91. The van der Waals surface area contributed by atoms with E-state index in [1.54, 1.807) is 6.20 Å². The molecule has 116 valence electrons. The quantitative estimate of drug-likeness (QED) is 0.592. The molecule has 0 radical (unpaired) electrons. The molecule has 0 atom stereocenters. The first-order valence-electron chi connectivity index (χ1n) is 7.34. The third kappa shape index (κ3) is 6.03. The average Bonchev–Trinajstić information content (AvgIpc) is 2.54. The Morgan fingerprint density at radius 2 is 2.00 bits per heavy atom. The highest BCUT2D eigenvalue weighted by atomic mass is 32.2. The minimum Gasteiger partial charge on any atom is -0.362 e. The van der Waals surface area contributed by atoms with E-state index in [1.165, 1.54) is 5.56 Å². The molecule has 22 heavy (non-hydrogen) atoms. The zero-order valence-corrected chi connectivity index (χ0v) is 14.3. The normalized spacial score (nSPS) is 10.2. The van der Waals surface area contributed by atoms with Crippen LogP contribution in [0.1, 0.15) is 17.5 Å². The van der Waals surface area contributed by atoms with Gasteiger partial charge >= 0.3 is 0 Å². The van der Waals surface area contributed by atoms with Gasteiger partial charge in [0, 0.05) is 18.5 Å². The Morgan fingerprint density at radius 3 is 2.77 bits per heavy atom. The van der Waals surface area contributed by atoms with Gasteiger partial charge in [-0.2, -0.15) is 11.8 Å². The van der Waals surface area contributed by atoms with Crippen LogP contribution in [0.25, 0.3) is 0 Å². The number of hydrogen-bond donors (Lipinski definition) is 2. The van der Waals surface area contributed by atoms with Crippen LogP contribution in [0, 0.1) is 6.92 Å². The van der Waals surface area contributed by atoms with Crippen LogP contribution in [-0.4, -0.2) is 22.4 Å². The average molecular weight is 332 g/mol. The van der Waals surface area contributed by atoms with Crippen LogP contribution in [0.2, 0.25) is 0 Å². The molecule has 1 aromatic carbocycles. The highest BCUT2D eigenvalue weighted by Gasteiger charge is 2.01. The molecule has 0 aliphatic heterocycles. The number of aryl methyl sites for hydroxylation is 1. The Bertz CT molecular complexity index is 587. The van der Waals surface area contributed by atoms with E-state index in [-0.39, 0.29) is 0 Å². The van der Waals surface area contributed by atoms with E-state index >= 15 is 0 Å². The molecule has 0 unspecified atom stereocenters. The molecular weight excluding hydrogens is 310 g/mol. The molecule has 0 spiro atoms. The Hall–Kier alpha value is -1.59. The molecule has 2 aromatic rings. The number of thioether (sulfide) groups is 1. The molecule has 0 fully saturated rings. The van der Waals surface area contributed by atoms with Crippen LogP contribution in [0.15, 0.2) is 48.7 Å². The number of pyridine rings is 1. The van der Waals surface area contributed by atoms with Crippen LogP contribution < -0.4 is 10.6 Å². The summed E-state index contributed by atoms with van der Waals surface area (Å²) in [5.74, 6) is 3.00. The van der Waals surface area contributed by atoms with Gasteiger partial charge in [-0.25, -0.2) is 4.98 Å². The van der Waals surface area contributed by atoms with Crippen LogP contribution in [-0.2, 0) is 5.75 Å². The summed E-state index contributed by atoms with van der Waals surface area (Å²) in [6.45, 7) is 2.89. The van der Waals surface area contributed by atoms with Crippen LogP contribution >= 0.6 is 24.0 Å². The molecule has 0 saturated heterocycles. The van der Waals surface area contributed by atoms with Crippen molar-refractivity contribution in [2.75, 3.05) is 17.6 Å². The topological polar surface area (TPSA) is 37.0 Å². The van der Waals surface area contributed by atoms with E-state index in [9.17, 15) is 0 Å². The molecule has 5 heteroatoms. The fraction of sp³-hybridized carbons (Fsp3) is 0.294. The molecule has 2 rings (SSSR count). The van der Waals surface area contributed by atoms with E-state index in [0.717, 1.165) is 35.9 Å². The van der Waals surface area contributed by atoms with Crippen molar-refractivity contribution in [2.24, 2.45) is 0 Å². The third-order valence-electron chi connectivity index (χ3n) is 3.10. The predicted molar refractivity (Wildman–Crippen MR) is 100 cm³/mol. The SMILES string of the molecule is Cc1cccnc1NC(=S)NCCCSCc1ccccc1. The van der Waals surface area contributed by atoms with Crippen molar-refractivity contribution in [1.82, 2.24) is 10.3 Å². The van der Waals surface area contributed by atoms with Gasteiger partial charge in [0.1, 0.15) is 5.82 Å². The molecule has 0 bridgehead atoms. The minimum absolute atomic E-state index is 0.634. The lowest BCUT2D eigenvalue weighted by atomic mass is 10.2. The lowest BCUT2D eigenvalue weighted by molar-refractivity contribution is 0.853. The lowest BCUT2D eigenvalue weighted by Gasteiger charge is -2.11. The second-order valence-electron chi connectivity index (χ2n) is 4.94. The summed E-state index contributed by atoms with van der Waals surface area (Å²) >= 11 is 7.23. The summed E-state index contributed by atoms with van der Waals surface area (Å²) in [5.41, 5.74) is 2.47. The second-order valence-corrected chi connectivity index (χ2v) is 6.45. The second kappa shape index (κ2) is 9.43. The summed E-state index contributed by atoms with van der Waals surface area (Å²) in [5, 5.41) is 6.99. The lowest BCUT2D eigenvalue weighted by Crippen LogP contribution is -2.30. The summed E-state index contributed by atoms with van der Waals surface area (Å²) < 4.78 is 0. The van der Waals surface area contributed by atoms with Crippen molar-refractivity contribution < 1.29 is 0 Å². The van der Waals surface area contributed by atoms with Crippen LogP contribution in [0.5, 0.6) is 0 Å². The molecule has 3 nitrogen and oxygen atoms in total. The van der Waals surface area contributed by atoms with Gasteiger partial charge in [0.05, 0.1) is 0 Å². The number of rotatable bonds is 7. The highest BCUT2D eigenvalue weighted by molar-refractivity contribution is 7.98. The Kier molecular flexibility index (Phi) is 7.19. The molecule has 0 aliphatic carbocycles. The number of nitrogens with one attached hydrogen (secondary N) is 2. The smallest absolute Gasteiger partial charge is 0.171 e. The summed E-state index contributed by atoms with van der Waals surface area (Å²) in [6.07, 6.45) is 2.85. The van der Waals surface area contributed by atoms with E-state index in [4.69, 9.17) is 12.2 Å². The number of anilines is 1. The van der Waals surface area contributed by atoms with Crippen LogP contribution in [0.4, 0.5) is 5.82 Å². The van der Waals surface area contributed by atoms with E-state index in [2.05, 4.69) is 45.9 Å². The van der Waals surface area contributed by atoms with Gasteiger partial charge in [-0.05, 0) is 48.5 Å². The summed E-state index contributed by atoms with van der Waals surface area (Å²) in [4.78, 5) is 4.27. The number of hydrogen-bond acceptors (Lipinski definition) is 3. The Balaban J connectivity index is 1.57. The first-order chi connectivity index (χ1) is 10.8. The van der Waals surface area contributed by atoms with Crippen molar-refractivity contribution in [1.29, 1.82) is 0 Å². The van der Waals surface area contributed by atoms with Crippen molar-refractivity contribution in [3.05, 3.63) is 59.8 Å². The van der Waals surface area contributed by atoms with Gasteiger partial charge in [0.25, 0.3) is 0 Å². The molecule has 0 amide bonds. The van der Waals surface area contributed by atoms with Crippen molar-refractivity contribution in [3.63, 3.8) is 0 Å². The Labute approximate surface area is 141 Å². The first-order valence-corrected chi connectivity index (χ1v) is 8.90. The monoisotopic (exact) mass is 331 g/mol. The zero-order valence-electron chi connectivity index (χ0n) is 12.7. The largest absolute Gasteiger partial charge is 0.362 e. The predicted octanol–water partition coefficient (Wildman–Crippen LogP) is 4.00. The maximum absolute atomic E-state index is 5.28. The molecule has 0 aliphatic rings. The van der Waals surface area contributed by atoms with Gasteiger partial charge in [-0.1, -0.05) is 36.4 Å². The van der Waals surface area contributed by atoms with E-state index in [0.29, 0.717) is 5.11 Å². The molecular formula is C17H21N3S2. The number of nitrogens with zero attached hydrogens (tertiary/aromatic N) is 1. The maximum atomic E-state index is 5.28. The van der Waals surface area contributed by atoms with Crippen molar-refractivity contribution in [3.8, 4) is 0 Å². The summed E-state index contributed by atoms with van der Waals surface area (Å²) in [7, 11) is 0. The van der Waals surface area contributed by atoms with E-state index in [1.807, 2.05) is 30.8 Å². The van der Waals surface area contributed by atoms with Gasteiger partial charge in [0.15, 0.2) is 5.11 Å². The third-order valence-corrected chi connectivity index (χ3v) is 4.47. The summed E-state index contributed by atoms with van der Waals surface area (Å²) in [6, 6.07) is 14.5. The van der Waals surface area contributed by atoms with E-state index < -0.39 is 0 Å².